The molecule has 3 aromatic rings. The molecule has 0 bridgehead atoms. The van der Waals surface area contributed by atoms with E-state index < -0.39 is 0 Å². The lowest BCUT2D eigenvalue weighted by Gasteiger charge is -2.19. The summed E-state index contributed by atoms with van der Waals surface area (Å²) < 4.78 is 15.0. The van der Waals surface area contributed by atoms with Gasteiger partial charge in [-0.25, -0.2) is 4.68 Å². The first-order chi connectivity index (χ1) is 15.4. The van der Waals surface area contributed by atoms with Crippen LogP contribution in [0.5, 0.6) is 11.5 Å². The molecule has 1 aromatic carbocycles. The first-order valence-electron chi connectivity index (χ1n) is 11.0. The van der Waals surface area contributed by atoms with Crippen molar-refractivity contribution in [2.45, 2.75) is 47.2 Å². The smallest absolute Gasteiger partial charge is 0.246 e. The number of aryl methyl sites for hydroxylation is 1. The van der Waals surface area contributed by atoms with Crippen LogP contribution in [0.15, 0.2) is 42.6 Å². The molecule has 1 aliphatic rings. The lowest BCUT2D eigenvalue weighted by molar-refractivity contribution is -0.126. The van der Waals surface area contributed by atoms with Crippen molar-refractivity contribution in [2.75, 3.05) is 13.3 Å². The van der Waals surface area contributed by atoms with E-state index in [0.29, 0.717) is 13.1 Å². The highest BCUT2D eigenvalue weighted by Crippen LogP contribution is 2.33. The number of rotatable bonds is 7. The Balaban J connectivity index is 1.52. The second kappa shape index (κ2) is 8.94. The Hall–Kier alpha value is -3.48. The average Bonchev–Trinajstić information content (AvgIpc) is 3.49. The number of likely N-dealkylation sites (N-methyl/N-ethyl adjacent to an activating group) is 1. The zero-order chi connectivity index (χ0) is 22.8. The Bertz CT molecular complexity index is 1160. The van der Waals surface area contributed by atoms with Crippen molar-refractivity contribution in [3.63, 3.8) is 0 Å². The molecule has 0 unspecified atom stereocenters. The molecular weight excluding hydrogens is 404 g/mol. The fourth-order valence-electron chi connectivity index (χ4n) is 4.06. The standard InChI is InChI=1S/C25H30N4O3/c1-6-27(15-20-7-9-22-23(14-20)32-16-31-22)25(30)10-8-21-13-18(4)28(19(21)5)24-11-12-26-29(24)17(2)3/h7-14,17H,6,15-16H2,1-5H3/b10-8+. The van der Waals surface area contributed by atoms with Crippen LogP contribution in [-0.2, 0) is 11.3 Å². The molecule has 2 aromatic heterocycles. The van der Waals surface area contributed by atoms with Crippen molar-refractivity contribution in [1.29, 1.82) is 0 Å². The first-order valence-corrected chi connectivity index (χ1v) is 11.0. The Labute approximate surface area is 188 Å². The van der Waals surface area contributed by atoms with Crippen LogP contribution in [0.4, 0.5) is 0 Å². The van der Waals surface area contributed by atoms with E-state index in [1.54, 1.807) is 11.0 Å². The number of aromatic nitrogens is 3. The Kier molecular flexibility index (Phi) is 6.08. The number of hydrogen-bond donors (Lipinski definition) is 0. The highest BCUT2D eigenvalue weighted by atomic mass is 16.7. The van der Waals surface area contributed by atoms with Gasteiger partial charge in [0.25, 0.3) is 0 Å². The van der Waals surface area contributed by atoms with E-state index in [4.69, 9.17) is 9.47 Å². The van der Waals surface area contributed by atoms with Crippen molar-refractivity contribution in [3.8, 4) is 17.3 Å². The summed E-state index contributed by atoms with van der Waals surface area (Å²) in [6, 6.07) is 10.2. The first kappa shape index (κ1) is 21.7. The minimum absolute atomic E-state index is 0.0257. The van der Waals surface area contributed by atoms with Crippen molar-refractivity contribution < 1.29 is 14.3 Å². The van der Waals surface area contributed by atoms with Crippen LogP contribution in [0, 0.1) is 13.8 Å². The predicted octanol–water partition coefficient (Wildman–Crippen LogP) is 4.66. The highest BCUT2D eigenvalue weighted by Gasteiger charge is 2.17. The summed E-state index contributed by atoms with van der Waals surface area (Å²) in [4.78, 5) is 14.7. The van der Waals surface area contributed by atoms with Crippen LogP contribution in [0.1, 0.15) is 49.3 Å². The molecular formula is C25H30N4O3. The van der Waals surface area contributed by atoms with Gasteiger partial charge in [0.2, 0.25) is 12.7 Å². The zero-order valence-corrected chi connectivity index (χ0v) is 19.3. The van der Waals surface area contributed by atoms with Gasteiger partial charge in [0.1, 0.15) is 5.82 Å². The second-order valence-corrected chi connectivity index (χ2v) is 8.26. The van der Waals surface area contributed by atoms with Gasteiger partial charge in [-0.05, 0) is 70.0 Å². The molecule has 7 heteroatoms. The monoisotopic (exact) mass is 434 g/mol. The Morgan fingerprint density at radius 1 is 1.19 bits per heavy atom. The van der Waals surface area contributed by atoms with Crippen molar-refractivity contribution in [2.24, 2.45) is 0 Å². The third-order valence-corrected chi connectivity index (χ3v) is 5.75. The van der Waals surface area contributed by atoms with Gasteiger partial charge >= 0.3 is 0 Å². The summed E-state index contributed by atoms with van der Waals surface area (Å²) in [6.07, 6.45) is 5.38. The molecule has 0 radical (unpaired) electrons. The minimum atomic E-state index is -0.0257. The molecule has 0 saturated heterocycles. The molecule has 0 spiro atoms. The molecule has 3 heterocycles. The summed E-state index contributed by atoms with van der Waals surface area (Å²) in [5.74, 6) is 2.48. The molecule has 1 aliphatic heterocycles. The third kappa shape index (κ3) is 4.15. The maximum absolute atomic E-state index is 12.9. The highest BCUT2D eigenvalue weighted by molar-refractivity contribution is 5.92. The lowest BCUT2D eigenvalue weighted by atomic mass is 10.1. The van der Waals surface area contributed by atoms with Crippen LogP contribution < -0.4 is 9.47 Å². The average molecular weight is 435 g/mol. The van der Waals surface area contributed by atoms with E-state index in [1.165, 1.54) is 0 Å². The summed E-state index contributed by atoms with van der Waals surface area (Å²) in [5, 5.41) is 4.45. The van der Waals surface area contributed by atoms with Gasteiger partial charge in [-0.2, -0.15) is 5.10 Å². The van der Waals surface area contributed by atoms with Crippen LogP contribution in [0.25, 0.3) is 11.9 Å². The molecule has 0 fully saturated rings. The van der Waals surface area contributed by atoms with Crippen LogP contribution in [0.2, 0.25) is 0 Å². The molecule has 168 valence electrons. The quantitative estimate of drug-likeness (QED) is 0.508. The molecule has 0 saturated carbocycles. The number of carbonyl (C=O) groups is 1. The zero-order valence-electron chi connectivity index (χ0n) is 19.3. The van der Waals surface area contributed by atoms with E-state index in [9.17, 15) is 4.79 Å². The van der Waals surface area contributed by atoms with E-state index in [2.05, 4.69) is 43.4 Å². The maximum atomic E-state index is 12.9. The second-order valence-electron chi connectivity index (χ2n) is 8.26. The van der Waals surface area contributed by atoms with Crippen LogP contribution in [-0.4, -0.2) is 38.5 Å². The topological polar surface area (TPSA) is 61.5 Å². The van der Waals surface area contributed by atoms with Crippen molar-refractivity contribution >= 4 is 12.0 Å². The molecule has 1 amide bonds. The molecule has 0 N–H and O–H groups in total. The van der Waals surface area contributed by atoms with Crippen LogP contribution >= 0.6 is 0 Å². The van der Waals surface area contributed by atoms with Gasteiger partial charge < -0.3 is 18.9 Å². The normalized spacial score (nSPS) is 12.8. The van der Waals surface area contributed by atoms with Gasteiger partial charge in [0.15, 0.2) is 11.5 Å². The Morgan fingerprint density at radius 3 is 2.72 bits per heavy atom. The number of carbonyl (C=O) groups excluding carboxylic acids is 1. The number of nitrogens with zero attached hydrogens (tertiary/aromatic N) is 4. The predicted molar refractivity (Wildman–Crippen MR) is 124 cm³/mol. The number of amides is 1. The van der Waals surface area contributed by atoms with Gasteiger partial charge in [-0.15, -0.1) is 0 Å². The molecule has 0 atom stereocenters. The van der Waals surface area contributed by atoms with Crippen molar-refractivity contribution in [3.05, 3.63) is 65.1 Å². The summed E-state index contributed by atoms with van der Waals surface area (Å²) in [7, 11) is 0. The summed E-state index contributed by atoms with van der Waals surface area (Å²) in [5.41, 5.74) is 4.21. The van der Waals surface area contributed by atoms with Crippen molar-refractivity contribution in [1.82, 2.24) is 19.2 Å². The number of fused-ring (bicyclic) bond motifs is 1. The summed E-state index contributed by atoms with van der Waals surface area (Å²) in [6.45, 7) is 11.7. The van der Waals surface area contributed by atoms with Gasteiger partial charge in [-0.3, -0.25) is 4.79 Å². The number of benzene rings is 1. The fourth-order valence-corrected chi connectivity index (χ4v) is 4.06. The minimum Gasteiger partial charge on any atom is -0.454 e. The molecule has 0 aliphatic carbocycles. The molecule has 4 rings (SSSR count). The lowest BCUT2D eigenvalue weighted by Crippen LogP contribution is -2.28. The van der Waals surface area contributed by atoms with Crippen LogP contribution in [0.3, 0.4) is 0 Å². The van der Waals surface area contributed by atoms with Gasteiger partial charge in [0.05, 0.1) is 6.20 Å². The fraction of sp³-hybridized carbons (Fsp3) is 0.360. The Morgan fingerprint density at radius 2 is 1.97 bits per heavy atom. The number of ether oxygens (including phenoxy) is 2. The maximum Gasteiger partial charge on any atom is 0.246 e. The van der Waals surface area contributed by atoms with Gasteiger partial charge in [0, 0.05) is 42.7 Å². The van der Waals surface area contributed by atoms with E-state index in [1.807, 2.05) is 48.1 Å². The van der Waals surface area contributed by atoms with E-state index >= 15 is 0 Å². The largest absolute Gasteiger partial charge is 0.454 e. The number of hydrogen-bond acceptors (Lipinski definition) is 4. The third-order valence-electron chi connectivity index (χ3n) is 5.75. The van der Waals surface area contributed by atoms with E-state index in [0.717, 1.165) is 39.8 Å². The van der Waals surface area contributed by atoms with Gasteiger partial charge in [-0.1, -0.05) is 6.07 Å². The SMILES string of the molecule is CCN(Cc1ccc2c(c1)OCO2)C(=O)/C=C/c1cc(C)n(-c2ccnn2C(C)C)c1C. The summed E-state index contributed by atoms with van der Waals surface area (Å²) >= 11 is 0. The molecule has 32 heavy (non-hydrogen) atoms. The van der Waals surface area contributed by atoms with E-state index in [-0.39, 0.29) is 18.7 Å². The molecule has 7 nitrogen and oxygen atoms in total.